The number of rotatable bonds is 8. The molecule has 0 spiro atoms. The number of hydrogen-bond acceptors (Lipinski definition) is 3. The lowest BCUT2D eigenvalue weighted by Crippen LogP contribution is -2.55. The van der Waals surface area contributed by atoms with Crippen molar-refractivity contribution in [3.8, 4) is 0 Å². The predicted molar refractivity (Wildman–Crippen MR) is 70.5 cm³/mol. The van der Waals surface area contributed by atoms with E-state index in [0.717, 1.165) is 19.3 Å². The topological polar surface area (TPSA) is 122 Å². The quantitative estimate of drug-likeness (QED) is 0.516. The molecule has 0 bridgehead atoms. The third-order valence-corrected chi connectivity index (χ3v) is 3.42. The second-order valence-corrected chi connectivity index (χ2v) is 4.50. The molecular formula is C12H23N3O4. The maximum atomic E-state index is 11.8. The van der Waals surface area contributed by atoms with E-state index < -0.39 is 30.4 Å². The van der Waals surface area contributed by atoms with E-state index in [1.807, 2.05) is 20.8 Å². The molecule has 19 heavy (non-hydrogen) atoms. The molecule has 0 aromatic heterocycles. The summed E-state index contributed by atoms with van der Waals surface area (Å²) in [4.78, 5) is 33.4. The fourth-order valence-electron chi connectivity index (χ4n) is 1.85. The normalized spacial score (nSPS) is 12.6. The molecule has 7 heteroatoms. The van der Waals surface area contributed by atoms with Crippen LogP contribution in [0.5, 0.6) is 0 Å². The Morgan fingerprint density at radius 2 is 1.63 bits per heavy atom. The van der Waals surface area contributed by atoms with E-state index in [0.29, 0.717) is 0 Å². The van der Waals surface area contributed by atoms with E-state index in [9.17, 15) is 14.4 Å². The number of urea groups is 1. The second kappa shape index (κ2) is 7.60. The van der Waals surface area contributed by atoms with E-state index in [1.54, 1.807) is 0 Å². The van der Waals surface area contributed by atoms with Crippen LogP contribution < -0.4 is 16.4 Å². The maximum Gasteiger partial charge on any atom is 0.326 e. The Morgan fingerprint density at radius 3 is 1.95 bits per heavy atom. The van der Waals surface area contributed by atoms with Gasteiger partial charge in [0.15, 0.2) is 0 Å². The van der Waals surface area contributed by atoms with Crippen LogP contribution in [0, 0.1) is 0 Å². The molecule has 0 aliphatic carbocycles. The summed E-state index contributed by atoms with van der Waals surface area (Å²) >= 11 is 0. The lowest BCUT2D eigenvalue weighted by molar-refractivity contribution is -0.140. The smallest absolute Gasteiger partial charge is 0.326 e. The van der Waals surface area contributed by atoms with Gasteiger partial charge in [-0.05, 0) is 19.3 Å². The summed E-state index contributed by atoms with van der Waals surface area (Å²) < 4.78 is 0. The van der Waals surface area contributed by atoms with Crippen LogP contribution in [0.15, 0.2) is 0 Å². The molecule has 0 aromatic carbocycles. The third kappa shape index (κ3) is 5.58. The first-order valence-electron chi connectivity index (χ1n) is 6.40. The molecule has 3 amide bonds. The van der Waals surface area contributed by atoms with Gasteiger partial charge in [0.1, 0.15) is 6.04 Å². The van der Waals surface area contributed by atoms with Crippen LogP contribution in [-0.4, -0.2) is 34.6 Å². The molecule has 110 valence electrons. The van der Waals surface area contributed by atoms with Crippen molar-refractivity contribution < 1.29 is 19.5 Å². The van der Waals surface area contributed by atoms with Gasteiger partial charge in [0, 0.05) is 5.54 Å². The van der Waals surface area contributed by atoms with E-state index in [1.165, 1.54) is 0 Å². The molecule has 0 aromatic rings. The molecular weight excluding hydrogens is 250 g/mol. The summed E-state index contributed by atoms with van der Waals surface area (Å²) in [6.45, 7) is 5.85. The summed E-state index contributed by atoms with van der Waals surface area (Å²) in [5, 5.41) is 13.9. The molecule has 7 nitrogen and oxygen atoms in total. The Hall–Kier alpha value is -1.79. The fraction of sp³-hybridized carbons (Fsp3) is 0.750. The Bertz CT molecular complexity index is 332. The van der Waals surface area contributed by atoms with Crippen LogP contribution in [0.1, 0.15) is 46.5 Å². The zero-order valence-electron chi connectivity index (χ0n) is 11.7. The molecule has 5 N–H and O–H groups in total. The maximum absolute atomic E-state index is 11.8. The van der Waals surface area contributed by atoms with Gasteiger partial charge >= 0.3 is 12.0 Å². The van der Waals surface area contributed by atoms with E-state index in [-0.39, 0.29) is 5.54 Å². The number of hydrogen-bond donors (Lipinski definition) is 4. The molecule has 0 fully saturated rings. The highest BCUT2D eigenvalue weighted by Gasteiger charge is 2.28. The van der Waals surface area contributed by atoms with Crippen molar-refractivity contribution in [3.63, 3.8) is 0 Å². The van der Waals surface area contributed by atoms with Crippen LogP contribution in [-0.2, 0) is 9.59 Å². The first-order chi connectivity index (χ1) is 8.80. The third-order valence-electron chi connectivity index (χ3n) is 3.42. The molecule has 0 heterocycles. The SMILES string of the molecule is CCC(CC)(CC)NC(=O)N[C@@H](CC(N)=O)C(=O)O. The zero-order valence-corrected chi connectivity index (χ0v) is 11.7. The Labute approximate surface area is 112 Å². The number of amides is 3. The Morgan fingerprint density at radius 1 is 1.16 bits per heavy atom. The summed E-state index contributed by atoms with van der Waals surface area (Å²) in [6.07, 6.45) is 1.78. The lowest BCUT2D eigenvalue weighted by Gasteiger charge is -2.32. The number of carboxylic acids is 1. The van der Waals surface area contributed by atoms with Gasteiger partial charge < -0.3 is 21.5 Å². The van der Waals surface area contributed by atoms with Crippen LogP contribution in [0.4, 0.5) is 4.79 Å². The van der Waals surface area contributed by atoms with Crippen LogP contribution in [0.25, 0.3) is 0 Å². The molecule has 0 unspecified atom stereocenters. The average Bonchev–Trinajstić information content (AvgIpc) is 2.34. The number of carbonyl (C=O) groups is 3. The standard InChI is InChI=1S/C12H23N3O4/c1-4-12(5-2,6-3)15-11(19)14-8(10(17)18)7-9(13)16/h8H,4-7H2,1-3H3,(H2,13,16)(H,17,18)(H2,14,15,19)/t8-/m0/s1. The van der Waals surface area contributed by atoms with Crippen LogP contribution in [0.3, 0.4) is 0 Å². The van der Waals surface area contributed by atoms with Crippen LogP contribution >= 0.6 is 0 Å². The minimum Gasteiger partial charge on any atom is -0.480 e. The number of primary amides is 1. The van der Waals surface area contributed by atoms with Crippen molar-refractivity contribution in [3.05, 3.63) is 0 Å². The Balaban J connectivity index is 4.65. The summed E-state index contributed by atoms with van der Waals surface area (Å²) in [7, 11) is 0. The highest BCUT2D eigenvalue weighted by atomic mass is 16.4. The van der Waals surface area contributed by atoms with Gasteiger partial charge in [0.2, 0.25) is 5.91 Å². The number of carbonyl (C=O) groups excluding carboxylic acids is 2. The first-order valence-corrected chi connectivity index (χ1v) is 6.40. The molecule has 0 radical (unpaired) electrons. The zero-order chi connectivity index (χ0) is 15.1. The molecule has 0 saturated heterocycles. The van der Waals surface area contributed by atoms with Crippen LogP contribution in [0.2, 0.25) is 0 Å². The van der Waals surface area contributed by atoms with Gasteiger partial charge in [0.25, 0.3) is 0 Å². The first kappa shape index (κ1) is 17.2. The van der Waals surface area contributed by atoms with Gasteiger partial charge in [-0.3, -0.25) is 4.79 Å². The minimum absolute atomic E-state index is 0.361. The molecule has 0 saturated carbocycles. The van der Waals surface area contributed by atoms with Gasteiger partial charge in [-0.2, -0.15) is 0 Å². The van der Waals surface area contributed by atoms with Crippen molar-refractivity contribution in [1.29, 1.82) is 0 Å². The molecule has 0 aliphatic rings. The largest absolute Gasteiger partial charge is 0.480 e. The van der Waals surface area contributed by atoms with Crippen molar-refractivity contribution >= 4 is 17.9 Å². The minimum atomic E-state index is -1.30. The number of carboxylic acid groups (broad SMARTS) is 1. The van der Waals surface area contributed by atoms with E-state index in [4.69, 9.17) is 10.8 Å². The lowest BCUT2D eigenvalue weighted by atomic mass is 9.90. The van der Waals surface area contributed by atoms with Gasteiger partial charge in [-0.25, -0.2) is 9.59 Å². The van der Waals surface area contributed by atoms with E-state index >= 15 is 0 Å². The highest BCUT2D eigenvalue weighted by Crippen LogP contribution is 2.18. The van der Waals surface area contributed by atoms with Crippen molar-refractivity contribution in [2.75, 3.05) is 0 Å². The Kier molecular flexibility index (Phi) is 6.89. The van der Waals surface area contributed by atoms with Crippen molar-refractivity contribution in [2.24, 2.45) is 5.73 Å². The summed E-state index contributed by atoms with van der Waals surface area (Å²) in [6, 6.07) is -1.90. The number of nitrogens with two attached hydrogens (primary N) is 1. The number of aliphatic carboxylic acids is 1. The number of nitrogens with one attached hydrogen (secondary N) is 2. The second-order valence-electron chi connectivity index (χ2n) is 4.50. The molecule has 1 atom stereocenters. The van der Waals surface area contributed by atoms with Gasteiger partial charge in [0.05, 0.1) is 6.42 Å². The average molecular weight is 273 g/mol. The van der Waals surface area contributed by atoms with Crippen molar-refractivity contribution in [2.45, 2.75) is 58.0 Å². The summed E-state index contributed by atoms with van der Waals surface area (Å²) in [5.41, 5.74) is 4.58. The van der Waals surface area contributed by atoms with Gasteiger partial charge in [-0.15, -0.1) is 0 Å². The van der Waals surface area contributed by atoms with E-state index in [2.05, 4.69) is 10.6 Å². The van der Waals surface area contributed by atoms with Crippen molar-refractivity contribution in [1.82, 2.24) is 10.6 Å². The molecule has 0 aliphatic heterocycles. The molecule has 0 rings (SSSR count). The van der Waals surface area contributed by atoms with Gasteiger partial charge in [-0.1, -0.05) is 20.8 Å². The monoisotopic (exact) mass is 273 g/mol. The predicted octanol–water partition coefficient (Wildman–Crippen LogP) is 0.583. The fourth-order valence-corrected chi connectivity index (χ4v) is 1.85. The summed E-state index contributed by atoms with van der Waals surface area (Å²) in [5.74, 6) is -2.07. The highest BCUT2D eigenvalue weighted by molar-refractivity contribution is 5.87.